The summed E-state index contributed by atoms with van der Waals surface area (Å²) in [6, 6.07) is 5.28. The Bertz CT molecular complexity index is 334. The number of fused-ring (bicyclic) bond motifs is 1. The smallest absolute Gasteiger partial charge is 0.398 e. The van der Waals surface area contributed by atoms with Gasteiger partial charge in [0.15, 0.2) is 0 Å². The maximum absolute atomic E-state index is 12.8. The van der Waals surface area contributed by atoms with Gasteiger partial charge >= 0.3 is 6.11 Å². The summed E-state index contributed by atoms with van der Waals surface area (Å²) >= 11 is 0. The van der Waals surface area contributed by atoms with Crippen LogP contribution in [0.15, 0.2) is 18.2 Å². The Labute approximate surface area is 75.3 Å². The van der Waals surface area contributed by atoms with E-state index in [4.69, 9.17) is 0 Å². The molecule has 2 rings (SSSR count). The molecule has 0 fully saturated rings. The molecule has 1 nitrogen and oxygen atoms in total. The number of halogens is 2. The second-order valence-electron chi connectivity index (χ2n) is 3.35. The number of benzene rings is 1. The fourth-order valence-corrected chi connectivity index (χ4v) is 1.50. The van der Waals surface area contributed by atoms with Gasteiger partial charge < -0.3 is 4.74 Å². The minimum atomic E-state index is -2.98. The molecular weight excluding hydrogens is 174 g/mol. The van der Waals surface area contributed by atoms with Crippen LogP contribution in [0.5, 0.6) is 5.75 Å². The first-order chi connectivity index (χ1) is 6.07. The van der Waals surface area contributed by atoms with Gasteiger partial charge in [0.05, 0.1) is 6.42 Å². The highest BCUT2D eigenvalue weighted by atomic mass is 19.3. The highest BCUT2D eigenvalue weighted by molar-refractivity contribution is 5.38. The zero-order valence-corrected chi connectivity index (χ0v) is 7.31. The topological polar surface area (TPSA) is 9.23 Å². The summed E-state index contributed by atoms with van der Waals surface area (Å²) in [6.07, 6.45) is -2.81. The lowest BCUT2D eigenvalue weighted by atomic mass is 10.0. The predicted octanol–water partition coefficient (Wildman–Crippen LogP) is 2.91. The Morgan fingerprint density at radius 1 is 1.38 bits per heavy atom. The normalized spacial score (nSPS) is 19.0. The summed E-state index contributed by atoms with van der Waals surface area (Å²) in [5, 5.41) is 0. The monoisotopic (exact) mass is 184 g/mol. The average Bonchev–Trinajstić information content (AvgIpc) is 2.05. The van der Waals surface area contributed by atoms with Crippen molar-refractivity contribution in [3.05, 3.63) is 29.3 Å². The summed E-state index contributed by atoms with van der Waals surface area (Å²) < 4.78 is 30.1. The van der Waals surface area contributed by atoms with E-state index in [1.54, 1.807) is 12.1 Å². The Kier molecular flexibility index (Phi) is 1.75. The summed E-state index contributed by atoms with van der Waals surface area (Å²) in [5.41, 5.74) is 1.96. The van der Waals surface area contributed by atoms with Crippen LogP contribution in [0.3, 0.4) is 0 Å². The number of hydrogen-bond acceptors (Lipinski definition) is 1. The molecule has 0 bridgehead atoms. The maximum atomic E-state index is 12.8. The molecule has 0 saturated carbocycles. The molecule has 1 aromatic carbocycles. The van der Waals surface area contributed by atoms with Gasteiger partial charge in [0.2, 0.25) is 0 Å². The second-order valence-corrected chi connectivity index (χ2v) is 3.35. The lowest BCUT2D eigenvalue weighted by Crippen LogP contribution is -2.29. The quantitative estimate of drug-likeness (QED) is 0.602. The van der Waals surface area contributed by atoms with E-state index in [-0.39, 0.29) is 6.42 Å². The van der Waals surface area contributed by atoms with E-state index in [1.165, 1.54) is 0 Å². The molecule has 1 aromatic rings. The van der Waals surface area contributed by atoms with Crippen LogP contribution in [0.25, 0.3) is 0 Å². The van der Waals surface area contributed by atoms with Gasteiger partial charge in [0, 0.05) is 0 Å². The minimum Gasteiger partial charge on any atom is -0.432 e. The van der Waals surface area contributed by atoms with Crippen molar-refractivity contribution in [2.75, 3.05) is 0 Å². The Hall–Kier alpha value is -1.12. The third-order valence-corrected chi connectivity index (χ3v) is 2.16. The van der Waals surface area contributed by atoms with Gasteiger partial charge in [-0.1, -0.05) is 17.7 Å². The van der Waals surface area contributed by atoms with Crippen LogP contribution in [0, 0.1) is 6.92 Å². The number of alkyl halides is 2. The first kappa shape index (κ1) is 8.48. The molecular formula is C10H10F2O. The van der Waals surface area contributed by atoms with E-state index in [0.29, 0.717) is 12.2 Å². The first-order valence-electron chi connectivity index (χ1n) is 4.23. The van der Waals surface area contributed by atoms with E-state index < -0.39 is 6.11 Å². The zero-order chi connectivity index (χ0) is 9.47. The van der Waals surface area contributed by atoms with Crippen molar-refractivity contribution in [3.63, 3.8) is 0 Å². The Morgan fingerprint density at radius 3 is 2.92 bits per heavy atom. The van der Waals surface area contributed by atoms with Crippen molar-refractivity contribution in [2.24, 2.45) is 0 Å². The van der Waals surface area contributed by atoms with E-state index >= 15 is 0 Å². The summed E-state index contributed by atoms with van der Waals surface area (Å²) in [4.78, 5) is 0. The van der Waals surface area contributed by atoms with Crippen LogP contribution < -0.4 is 4.74 Å². The van der Waals surface area contributed by atoms with Gasteiger partial charge in [-0.25, -0.2) is 0 Å². The summed E-state index contributed by atoms with van der Waals surface area (Å²) in [5.74, 6) is 0.321. The Morgan fingerprint density at radius 2 is 2.15 bits per heavy atom. The molecule has 0 aliphatic carbocycles. The molecule has 0 spiro atoms. The average molecular weight is 184 g/mol. The third-order valence-electron chi connectivity index (χ3n) is 2.16. The molecule has 70 valence electrons. The molecule has 13 heavy (non-hydrogen) atoms. The summed E-state index contributed by atoms with van der Waals surface area (Å²) in [6.45, 7) is 1.94. The molecule has 0 saturated heterocycles. The number of hydrogen-bond donors (Lipinski definition) is 0. The number of rotatable bonds is 0. The second kappa shape index (κ2) is 2.69. The fourth-order valence-electron chi connectivity index (χ4n) is 1.50. The van der Waals surface area contributed by atoms with Gasteiger partial charge in [-0.05, 0) is 25.0 Å². The number of aryl methyl sites for hydroxylation is 2. The molecule has 0 N–H and O–H groups in total. The third kappa shape index (κ3) is 1.64. The standard InChI is InChI=1S/C10H10F2O/c1-7-2-3-9-8(6-7)4-5-10(11,12)13-9/h2-3,6H,4-5H2,1H3. The zero-order valence-electron chi connectivity index (χ0n) is 7.31. The molecule has 0 atom stereocenters. The van der Waals surface area contributed by atoms with Crippen molar-refractivity contribution in [3.8, 4) is 5.75 Å². The van der Waals surface area contributed by atoms with E-state index in [2.05, 4.69) is 4.74 Å². The SMILES string of the molecule is Cc1ccc2c(c1)CCC(F)(F)O2. The molecule has 0 aromatic heterocycles. The molecule has 1 aliphatic heterocycles. The van der Waals surface area contributed by atoms with Gasteiger partial charge in [-0.2, -0.15) is 8.78 Å². The lowest BCUT2D eigenvalue weighted by molar-refractivity contribution is -0.187. The van der Waals surface area contributed by atoms with E-state index in [9.17, 15) is 8.78 Å². The van der Waals surface area contributed by atoms with Gasteiger partial charge in [0.1, 0.15) is 5.75 Å². The number of ether oxygens (including phenoxy) is 1. The Balaban J connectivity index is 2.37. The van der Waals surface area contributed by atoms with Crippen LogP contribution in [-0.2, 0) is 6.42 Å². The van der Waals surface area contributed by atoms with Crippen LogP contribution >= 0.6 is 0 Å². The highest BCUT2D eigenvalue weighted by Gasteiger charge is 2.35. The molecule has 1 heterocycles. The van der Waals surface area contributed by atoms with Gasteiger partial charge in [-0.3, -0.25) is 0 Å². The van der Waals surface area contributed by atoms with Crippen LogP contribution in [0.4, 0.5) is 8.78 Å². The van der Waals surface area contributed by atoms with Crippen molar-refractivity contribution < 1.29 is 13.5 Å². The van der Waals surface area contributed by atoms with Gasteiger partial charge in [0.25, 0.3) is 0 Å². The van der Waals surface area contributed by atoms with Crippen LogP contribution in [0.1, 0.15) is 17.5 Å². The molecule has 0 radical (unpaired) electrons. The van der Waals surface area contributed by atoms with Crippen molar-refractivity contribution in [1.29, 1.82) is 0 Å². The van der Waals surface area contributed by atoms with E-state index in [0.717, 1.165) is 11.1 Å². The molecule has 3 heteroatoms. The van der Waals surface area contributed by atoms with Crippen LogP contribution in [-0.4, -0.2) is 6.11 Å². The first-order valence-corrected chi connectivity index (χ1v) is 4.23. The van der Waals surface area contributed by atoms with Crippen LogP contribution in [0.2, 0.25) is 0 Å². The fraction of sp³-hybridized carbons (Fsp3) is 0.400. The van der Waals surface area contributed by atoms with E-state index in [1.807, 2.05) is 13.0 Å². The molecule has 1 aliphatic rings. The molecule has 0 unspecified atom stereocenters. The van der Waals surface area contributed by atoms with Crippen molar-refractivity contribution in [2.45, 2.75) is 25.9 Å². The maximum Gasteiger partial charge on any atom is 0.398 e. The molecule has 0 amide bonds. The predicted molar refractivity (Wildman–Crippen MR) is 45.1 cm³/mol. The lowest BCUT2D eigenvalue weighted by Gasteiger charge is -2.25. The van der Waals surface area contributed by atoms with Gasteiger partial charge in [-0.15, -0.1) is 0 Å². The summed E-state index contributed by atoms with van der Waals surface area (Å²) in [7, 11) is 0. The highest BCUT2D eigenvalue weighted by Crippen LogP contribution is 2.35. The minimum absolute atomic E-state index is 0.219. The van der Waals surface area contributed by atoms with Crippen molar-refractivity contribution in [1.82, 2.24) is 0 Å². The largest absolute Gasteiger partial charge is 0.432 e. The van der Waals surface area contributed by atoms with Crippen molar-refractivity contribution >= 4 is 0 Å².